The van der Waals surface area contributed by atoms with Crippen molar-refractivity contribution in [3.63, 3.8) is 0 Å². The molecule has 2 aliphatic rings. The number of allylic oxidation sites excluding steroid dienone is 1. The van der Waals surface area contributed by atoms with E-state index < -0.39 is 5.79 Å². The number of aliphatic imine (C=N–C) groups is 1. The summed E-state index contributed by atoms with van der Waals surface area (Å²) in [6, 6.07) is 9.06. The molecule has 0 bridgehead atoms. The van der Waals surface area contributed by atoms with Crippen LogP contribution in [0, 0.1) is 5.92 Å². The van der Waals surface area contributed by atoms with Gasteiger partial charge in [-0.1, -0.05) is 70.5 Å². The van der Waals surface area contributed by atoms with Gasteiger partial charge in [0.15, 0.2) is 0 Å². The van der Waals surface area contributed by atoms with E-state index in [4.69, 9.17) is 14.2 Å². The molecule has 40 heavy (non-hydrogen) atoms. The first-order valence-electron chi connectivity index (χ1n) is 14.8. The molecule has 1 aromatic carbocycles. The Bertz CT molecular complexity index is 1030. The quantitative estimate of drug-likeness (QED) is 0.186. The molecule has 0 amide bonds. The molecule has 0 radical (unpaired) electrons. The fourth-order valence-electron chi connectivity index (χ4n) is 5.73. The molecule has 1 aromatic rings. The molecule has 1 saturated heterocycles. The Labute approximate surface area is 255 Å². The van der Waals surface area contributed by atoms with E-state index in [1.165, 1.54) is 58.4 Å². The summed E-state index contributed by atoms with van der Waals surface area (Å²) < 4.78 is 18.4. The van der Waals surface area contributed by atoms with Gasteiger partial charge in [0.1, 0.15) is 0 Å². The Morgan fingerprint density at radius 1 is 1.23 bits per heavy atom. The van der Waals surface area contributed by atoms with Gasteiger partial charge in [0.25, 0.3) is 0 Å². The van der Waals surface area contributed by atoms with E-state index in [1.807, 2.05) is 20.1 Å². The Hall–Kier alpha value is -1.39. The number of hydrogen-bond acceptors (Lipinski definition) is 5. The van der Waals surface area contributed by atoms with Crippen molar-refractivity contribution in [1.29, 1.82) is 0 Å². The Morgan fingerprint density at radius 3 is 2.45 bits per heavy atom. The second-order valence-corrected chi connectivity index (χ2v) is 14.3. The number of nitrogens with zero attached hydrogens (tertiary/aromatic N) is 2. The van der Waals surface area contributed by atoms with Crippen LogP contribution >= 0.6 is 0 Å². The van der Waals surface area contributed by atoms with Crippen molar-refractivity contribution < 1.29 is 33.6 Å². The zero-order valence-electron chi connectivity index (χ0n) is 26.6. The third kappa shape index (κ3) is 10.2. The number of methoxy groups -OCH3 is 1. The van der Waals surface area contributed by atoms with Gasteiger partial charge in [0, 0.05) is 32.8 Å². The van der Waals surface area contributed by atoms with Crippen molar-refractivity contribution in [3.8, 4) is 0 Å². The van der Waals surface area contributed by atoms with Crippen LogP contribution in [0.15, 0.2) is 53.2 Å². The van der Waals surface area contributed by atoms with E-state index in [0.717, 1.165) is 38.8 Å². The fraction of sp³-hybridized carbons (Fsp3) is 0.647. The van der Waals surface area contributed by atoms with Gasteiger partial charge >= 0.3 is 90.8 Å². The van der Waals surface area contributed by atoms with Crippen LogP contribution in [0.25, 0.3) is 0 Å². The number of hydrogen-bond donors (Lipinski definition) is 0. The van der Waals surface area contributed by atoms with Gasteiger partial charge in [-0.15, -0.1) is 0 Å². The van der Waals surface area contributed by atoms with Crippen LogP contribution in [0.4, 0.5) is 0 Å². The van der Waals surface area contributed by atoms with Gasteiger partial charge in [-0.25, -0.2) is 0 Å². The Kier molecular flexibility index (Phi) is 13.7. The molecule has 6 heteroatoms. The zero-order chi connectivity index (χ0) is 30.0. The van der Waals surface area contributed by atoms with Crippen molar-refractivity contribution in [1.82, 2.24) is 4.90 Å². The molecule has 1 heterocycles. The first kappa shape index (κ1) is 34.8. The number of ether oxygens (including phenoxy) is 3. The summed E-state index contributed by atoms with van der Waals surface area (Å²) in [5, 5.41) is 0. The predicted octanol–water partition coefficient (Wildman–Crippen LogP) is 7.42. The molecule has 3 atom stereocenters. The molecule has 0 N–H and O–H groups in total. The molecule has 3 unspecified atom stereocenters. The van der Waals surface area contributed by atoms with Gasteiger partial charge in [0.05, 0.1) is 5.60 Å². The number of rotatable bonds is 10. The van der Waals surface area contributed by atoms with E-state index >= 15 is 0 Å². The van der Waals surface area contributed by atoms with Gasteiger partial charge in [-0.3, -0.25) is 0 Å². The summed E-state index contributed by atoms with van der Waals surface area (Å²) in [6.45, 7) is 19.9. The third-order valence-corrected chi connectivity index (χ3v) is 9.06. The van der Waals surface area contributed by atoms with Crippen molar-refractivity contribution in [2.24, 2.45) is 10.9 Å². The maximum absolute atomic E-state index is 6.31. The standard InChI is InChI=1S/C25H37NO.C9H17NO2.W/c1-7-22-13-15-27-25(22)14-12-19(2)21(16-25)18-26(6)17-20-8-10-23(11-9-20)24(3,4)5;1-5-12-9(2,11-4)7-6-8-10-3;/h8-11,18,22H,2,7,12-17H2,1,3-6H3;8H,5,7H2,1-4H3;/b21-18-;;. The molecule has 224 valence electrons. The fourth-order valence-corrected chi connectivity index (χ4v) is 7.05. The molecular weight excluding hydrogens is 668 g/mol. The SMILES string of the molecule is C=C1CCC2(C/C1=C/N(C)Cc1ccc(C(C)(C)C)cc1)OCCC2CC.CCOC(C)(C[C](=[W])C=NC)OC. The van der Waals surface area contributed by atoms with Crippen LogP contribution in [0.3, 0.4) is 0 Å². The second-order valence-electron chi connectivity index (χ2n) is 12.4. The Morgan fingerprint density at radius 2 is 1.90 bits per heavy atom. The van der Waals surface area contributed by atoms with Gasteiger partial charge in [-0.2, -0.15) is 0 Å². The molecular formula is C34H54N2O3W. The van der Waals surface area contributed by atoms with E-state index in [2.05, 4.69) is 81.7 Å². The first-order valence-corrected chi connectivity index (χ1v) is 16.2. The molecule has 3 rings (SSSR count). The normalized spacial score (nSPS) is 23.8. The summed E-state index contributed by atoms with van der Waals surface area (Å²) in [5.41, 5.74) is 5.69. The second kappa shape index (κ2) is 15.7. The topological polar surface area (TPSA) is 43.3 Å². The van der Waals surface area contributed by atoms with E-state index in [1.54, 1.807) is 14.2 Å². The average molecular weight is 723 g/mol. The van der Waals surface area contributed by atoms with Gasteiger partial charge < -0.3 is 9.64 Å². The molecule has 5 nitrogen and oxygen atoms in total. The average Bonchev–Trinajstić information content (AvgIpc) is 3.28. The predicted molar refractivity (Wildman–Crippen MR) is 166 cm³/mol. The summed E-state index contributed by atoms with van der Waals surface area (Å²) in [4.78, 5) is 6.27. The van der Waals surface area contributed by atoms with Crippen molar-refractivity contribution in [3.05, 3.63) is 59.3 Å². The molecule has 1 aliphatic heterocycles. The van der Waals surface area contributed by atoms with Crippen molar-refractivity contribution in [2.45, 2.75) is 103 Å². The van der Waals surface area contributed by atoms with Gasteiger partial charge in [-0.05, 0) is 47.3 Å². The third-order valence-electron chi connectivity index (χ3n) is 8.16. The molecule has 1 saturated carbocycles. The molecule has 2 fully saturated rings. The van der Waals surface area contributed by atoms with E-state index in [9.17, 15) is 0 Å². The van der Waals surface area contributed by atoms with Gasteiger partial charge in [0.2, 0.25) is 0 Å². The molecule has 1 aliphatic carbocycles. The summed E-state index contributed by atoms with van der Waals surface area (Å²) in [5.74, 6) is 0.205. The van der Waals surface area contributed by atoms with Crippen LogP contribution < -0.4 is 0 Å². The zero-order valence-corrected chi connectivity index (χ0v) is 29.6. The van der Waals surface area contributed by atoms with Crippen molar-refractivity contribution in [2.75, 3.05) is 34.4 Å². The first-order chi connectivity index (χ1) is 18.8. The monoisotopic (exact) mass is 722 g/mol. The summed E-state index contributed by atoms with van der Waals surface area (Å²) in [6.07, 6.45) is 10.6. The Balaban J connectivity index is 0.000000366. The van der Waals surface area contributed by atoms with Crippen LogP contribution in [0.2, 0.25) is 0 Å². The van der Waals surface area contributed by atoms with E-state index in [-0.39, 0.29) is 11.0 Å². The number of benzene rings is 1. The maximum atomic E-state index is 6.31. The molecule has 0 aromatic heterocycles. The molecule has 1 spiro atoms. The van der Waals surface area contributed by atoms with Crippen LogP contribution in [-0.4, -0.2) is 60.8 Å². The minimum absolute atomic E-state index is 0.0664. The van der Waals surface area contributed by atoms with E-state index in [0.29, 0.717) is 12.5 Å². The summed E-state index contributed by atoms with van der Waals surface area (Å²) >= 11 is 1.41. The minimum atomic E-state index is -0.493. The van der Waals surface area contributed by atoms with Crippen LogP contribution in [-0.2, 0) is 45.5 Å². The van der Waals surface area contributed by atoms with Crippen LogP contribution in [0.1, 0.15) is 91.2 Å². The van der Waals surface area contributed by atoms with Crippen LogP contribution in [0.5, 0.6) is 0 Å². The van der Waals surface area contributed by atoms with Crippen molar-refractivity contribution >= 4 is 10.1 Å². The summed E-state index contributed by atoms with van der Waals surface area (Å²) in [7, 11) is 5.61.